The van der Waals surface area contributed by atoms with Crippen molar-refractivity contribution < 1.29 is 9.53 Å². The first kappa shape index (κ1) is 11.5. The summed E-state index contributed by atoms with van der Waals surface area (Å²) in [6.45, 7) is 2.89. The summed E-state index contributed by atoms with van der Waals surface area (Å²) in [7, 11) is 0. The number of carbonyl (C=O) groups is 1. The van der Waals surface area contributed by atoms with E-state index in [4.69, 9.17) is 4.74 Å². The van der Waals surface area contributed by atoms with Gasteiger partial charge < -0.3 is 15.4 Å². The molecule has 1 saturated heterocycles. The number of anilines is 1. The van der Waals surface area contributed by atoms with Gasteiger partial charge in [-0.2, -0.15) is 0 Å². The predicted molar refractivity (Wildman–Crippen MR) is 69.9 cm³/mol. The molecule has 2 N–H and O–H groups in total. The fourth-order valence-corrected chi connectivity index (χ4v) is 2.59. The second-order valence-electron chi connectivity index (χ2n) is 5.08. The molecule has 1 aromatic rings. The van der Waals surface area contributed by atoms with Crippen molar-refractivity contribution in [2.75, 3.05) is 11.9 Å². The van der Waals surface area contributed by atoms with E-state index in [0.717, 1.165) is 24.4 Å². The van der Waals surface area contributed by atoms with Gasteiger partial charge in [0.2, 0.25) is 0 Å². The lowest BCUT2D eigenvalue weighted by Crippen LogP contribution is -2.34. The van der Waals surface area contributed by atoms with E-state index in [-0.39, 0.29) is 5.91 Å². The number of ether oxygens (including phenoxy) is 1. The van der Waals surface area contributed by atoms with Crippen molar-refractivity contribution in [2.45, 2.75) is 38.3 Å². The highest BCUT2D eigenvalue weighted by Crippen LogP contribution is 2.31. The lowest BCUT2D eigenvalue weighted by molar-refractivity contribution is -0.122. The van der Waals surface area contributed by atoms with Crippen molar-refractivity contribution in [1.82, 2.24) is 5.32 Å². The Kier molecular flexibility index (Phi) is 2.96. The highest BCUT2D eigenvalue weighted by molar-refractivity contribution is 5.97. The van der Waals surface area contributed by atoms with Crippen LogP contribution < -0.4 is 15.4 Å². The van der Waals surface area contributed by atoms with Gasteiger partial charge in [-0.25, -0.2) is 0 Å². The van der Waals surface area contributed by atoms with Crippen LogP contribution in [0, 0.1) is 0 Å². The first-order chi connectivity index (χ1) is 8.72. The second kappa shape index (κ2) is 4.61. The molecule has 0 aliphatic carbocycles. The first-order valence-electron chi connectivity index (χ1n) is 6.56. The molecule has 0 radical (unpaired) electrons. The van der Waals surface area contributed by atoms with E-state index in [1.165, 1.54) is 18.4 Å². The van der Waals surface area contributed by atoms with Crippen LogP contribution in [-0.4, -0.2) is 24.6 Å². The molecule has 2 heterocycles. The average molecular weight is 246 g/mol. The van der Waals surface area contributed by atoms with E-state index in [1.54, 1.807) is 6.92 Å². The maximum absolute atomic E-state index is 11.5. The number of amides is 1. The number of hydrogen-bond donors (Lipinski definition) is 2. The summed E-state index contributed by atoms with van der Waals surface area (Å²) >= 11 is 0. The van der Waals surface area contributed by atoms with Crippen LogP contribution in [0.2, 0.25) is 0 Å². The molecule has 0 bridgehead atoms. The smallest absolute Gasteiger partial charge is 0.265 e. The van der Waals surface area contributed by atoms with Crippen LogP contribution in [0.3, 0.4) is 0 Å². The number of hydrogen-bond acceptors (Lipinski definition) is 3. The highest BCUT2D eigenvalue weighted by Gasteiger charge is 2.24. The summed E-state index contributed by atoms with van der Waals surface area (Å²) in [5, 5.41) is 6.34. The van der Waals surface area contributed by atoms with Crippen molar-refractivity contribution in [1.29, 1.82) is 0 Å². The zero-order valence-electron chi connectivity index (χ0n) is 10.5. The summed E-state index contributed by atoms with van der Waals surface area (Å²) in [5.41, 5.74) is 2.04. The standard InChI is InChI=1S/C14H18N2O2/c1-9-14(17)16-12-5-4-10(8-13(12)18-9)7-11-3-2-6-15-11/h4-5,8-9,11,15H,2-3,6-7H2,1H3,(H,16,17). The molecule has 1 fully saturated rings. The summed E-state index contributed by atoms with van der Waals surface area (Å²) in [6, 6.07) is 6.63. The Labute approximate surface area is 107 Å². The van der Waals surface area contributed by atoms with Gasteiger partial charge in [-0.15, -0.1) is 0 Å². The molecule has 96 valence electrons. The monoisotopic (exact) mass is 246 g/mol. The van der Waals surface area contributed by atoms with E-state index < -0.39 is 6.10 Å². The van der Waals surface area contributed by atoms with Gasteiger partial charge in [0, 0.05) is 6.04 Å². The number of rotatable bonds is 2. The van der Waals surface area contributed by atoms with Crippen LogP contribution in [0.25, 0.3) is 0 Å². The molecule has 4 heteroatoms. The molecule has 0 spiro atoms. The Hall–Kier alpha value is -1.55. The lowest BCUT2D eigenvalue weighted by atomic mass is 10.0. The van der Waals surface area contributed by atoms with Crippen molar-refractivity contribution in [3.63, 3.8) is 0 Å². The van der Waals surface area contributed by atoms with Gasteiger partial charge >= 0.3 is 0 Å². The van der Waals surface area contributed by atoms with E-state index in [1.807, 2.05) is 12.1 Å². The van der Waals surface area contributed by atoms with Gasteiger partial charge in [-0.1, -0.05) is 6.07 Å². The predicted octanol–water partition coefficient (Wildman–Crippen LogP) is 1.70. The average Bonchev–Trinajstić information content (AvgIpc) is 2.84. The van der Waals surface area contributed by atoms with E-state index in [2.05, 4.69) is 16.7 Å². The maximum atomic E-state index is 11.5. The molecule has 4 nitrogen and oxygen atoms in total. The van der Waals surface area contributed by atoms with Gasteiger partial charge in [0.15, 0.2) is 6.10 Å². The SMILES string of the molecule is CC1Oc2cc(CC3CCCN3)ccc2NC1=O. The molecule has 18 heavy (non-hydrogen) atoms. The Morgan fingerprint density at radius 2 is 2.33 bits per heavy atom. The van der Waals surface area contributed by atoms with Gasteiger partial charge in [0.25, 0.3) is 5.91 Å². The molecule has 1 aromatic carbocycles. The quantitative estimate of drug-likeness (QED) is 0.835. The van der Waals surface area contributed by atoms with Crippen LogP contribution >= 0.6 is 0 Å². The molecule has 2 aliphatic heterocycles. The van der Waals surface area contributed by atoms with Gasteiger partial charge in [0.1, 0.15) is 5.75 Å². The fourth-order valence-electron chi connectivity index (χ4n) is 2.59. The summed E-state index contributed by atoms with van der Waals surface area (Å²) in [4.78, 5) is 11.5. The molecule has 2 atom stereocenters. The zero-order valence-corrected chi connectivity index (χ0v) is 10.5. The van der Waals surface area contributed by atoms with E-state index in [0.29, 0.717) is 6.04 Å². The molecule has 0 saturated carbocycles. The fraction of sp³-hybridized carbons (Fsp3) is 0.500. The molecule has 2 aliphatic rings. The summed E-state index contributed by atoms with van der Waals surface area (Å²) in [5.74, 6) is 0.713. The Balaban J connectivity index is 1.78. The molecule has 3 rings (SSSR count). The second-order valence-corrected chi connectivity index (χ2v) is 5.08. The number of fused-ring (bicyclic) bond motifs is 1. The van der Waals surface area contributed by atoms with Crippen molar-refractivity contribution in [3.05, 3.63) is 23.8 Å². The highest BCUT2D eigenvalue weighted by atomic mass is 16.5. The molecular weight excluding hydrogens is 228 g/mol. The van der Waals surface area contributed by atoms with Crippen molar-refractivity contribution >= 4 is 11.6 Å². The van der Waals surface area contributed by atoms with Gasteiger partial charge in [0.05, 0.1) is 5.69 Å². The first-order valence-corrected chi connectivity index (χ1v) is 6.56. The Bertz CT molecular complexity index is 467. The lowest BCUT2D eigenvalue weighted by Gasteiger charge is -2.24. The minimum atomic E-state index is -0.405. The third-order valence-corrected chi connectivity index (χ3v) is 3.62. The molecule has 1 amide bonds. The topological polar surface area (TPSA) is 50.4 Å². The van der Waals surface area contributed by atoms with Crippen LogP contribution in [0.1, 0.15) is 25.3 Å². The van der Waals surface area contributed by atoms with Crippen LogP contribution in [0.4, 0.5) is 5.69 Å². The number of carbonyl (C=O) groups excluding carboxylic acids is 1. The van der Waals surface area contributed by atoms with Crippen LogP contribution in [0.15, 0.2) is 18.2 Å². The van der Waals surface area contributed by atoms with Crippen molar-refractivity contribution in [2.24, 2.45) is 0 Å². The Morgan fingerprint density at radius 1 is 1.44 bits per heavy atom. The Morgan fingerprint density at radius 3 is 3.11 bits per heavy atom. The third kappa shape index (κ3) is 2.20. The minimum Gasteiger partial charge on any atom is -0.479 e. The summed E-state index contributed by atoms with van der Waals surface area (Å²) in [6.07, 6.45) is 3.13. The van der Waals surface area contributed by atoms with E-state index >= 15 is 0 Å². The van der Waals surface area contributed by atoms with Gasteiger partial charge in [-0.05, 0) is 50.4 Å². The molecule has 2 unspecified atom stereocenters. The number of benzene rings is 1. The summed E-state index contributed by atoms with van der Waals surface area (Å²) < 4.78 is 5.62. The van der Waals surface area contributed by atoms with Gasteiger partial charge in [-0.3, -0.25) is 4.79 Å². The van der Waals surface area contributed by atoms with Crippen molar-refractivity contribution in [3.8, 4) is 5.75 Å². The van der Waals surface area contributed by atoms with Crippen LogP contribution in [-0.2, 0) is 11.2 Å². The van der Waals surface area contributed by atoms with E-state index in [9.17, 15) is 4.79 Å². The third-order valence-electron chi connectivity index (χ3n) is 3.62. The largest absolute Gasteiger partial charge is 0.479 e. The zero-order chi connectivity index (χ0) is 12.5. The maximum Gasteiger partial charge on any atom is 0.265 e. The molecular formula is C14H18N2O2. The normalized spacial score (nSPS) is 26.4. The minimum absolute atomic E-state index is 0.0762. The molecule has 0 aromatic heterocycles. The number of nitrogens with one attached hydrogen (secondary N) is 2. The van der Waals surface area contributed by atoms with Crippen LogP contribution in [0.5, 0.6) is 5.75 Å².